The van der Waals surface area contributed by atoms with E-state index in [9.17, 15) is 22.8 Å². The summed E-state index contributed by atoms with van der Waals surface area (Å²) in [5.41, 5.74) is 1.85. The normalized spacial score (nSPS) is 10.9. The third-order valence-electron chi connectivity index (χ3n) is 2.97. The van der Waals surface area contributed by atoms with E-state index in [1.165, 1.54) is 0 Å². The van der Waals surface area contributed by atoms with Crippen LogP contribution in [0.15, 0.2) is 45.3 Å². The Morgan fingerprint density at radius 2 is 1.63 bits per heavy atom. The van der Waals surface area contributed by atoms with Crippen LogP contribution in [0.3, 0.4) is 0 Å². The van der Waals surface area contributed by atoms with Gasteiger partial charge < -0.3 is 15.4 Å². The zero-order chi connectivity index (χ0) is 20.2. The first-order chi connectivity index (χ1) is 12.6. The average Bonchev–Trinajstić information content (AvgIpc) is 2.51. The van der Waals surface area contributed by atoms with Gasteiger partial charge in [0.15, 0.2) is 0 Å². The van der Waals surface area contributed by atoms with Crippen molar-refractivity contribution in [1.29, 1.82) is 0 Å². The van der Waals surface area contributed by atoms with Gasteiger partial charge in [-0.15, -0.1) is 13.2 Å². The molecule has 5 N–H and O–H groups in total. The summed E-state index contributed by atoms with van der Waals surface area (Å²) >= 11 is 6.51. The molecule has 0 aliphatic heterocycles. The molecule has 144 valence electrons. The van der Waals surface area contributed by atoms with E-state index in [1.54, 1.807) is 18.2 Å². The number of benzene rings is 2. The Labute approximate surface area is 167 Å². The molecule has 2 aromatic rings. The maximum Gasteiger partial charge on any atom is 0.573 e. The molecule has 2 rings (SSSR count). The zero-order valence-corrected chi connectivity index (χ0v) is 16.3. The van der Waals surface area contributed by atoms with Crippen molar-refractivity contribution >= 4 is 55.2 Å². The number of nitrogens with one attached hydrogen (secondary N) is 3. The van der Waals surface area contributed by atoms with Gasteiger partial charge in [0.05, 0.1) is 11.3 Å². The predicted molar refractivity (Wildman–Crippen MR) is 99.3 cm³/mol. The summed E-state index contributed by atoms with van der Waals surface area (Å²) in [4.78, 5) is 24.0. The fourth-order valence-corrected chi connectivity index (χ4v) is 3.30. The fourth-order valence-electron chi connectivity index (χ4n) is 2.01. The molecule has 0 atom stereocenters. The van der Waals surface area contributed by atoms with Crippen molar-refractivity contribution in [2.24, 2.45) is 5.84 Å². The van der Waals surface area contributed by atoms with Crippen LogP contribution in [0.5, 0.6) is 5.75 Å². The number of rotatable bonds is 4. The molecular weight excluding hydrogens is 501 g/mol. The van der Waals surface area contributed by atoms with E-state index in [2.05, 4.69) is 47.2 Å². The molecule has 0 aliphatic rings. The lowest BCUT2D eigenvalue weighted by Gasteiger charge is -2.14. The number of carbonyl (C=O) groups is 2. The molecule has 0 saturated heterocycles. The highest BCUT2D eigenvalue weighted by Crippen LogP contribution is 2.28. The van der Waals surface area contributed by atoms with Crippen molar-refractivity contribution in [3.63, 3.8) is 0 Å². The SMILES string of the molecule is NNC(=O)c1ccc(OC(F)(F)F)cc1NC(=O)Nc1cc(Br)cc(Br)c1. The number of anilines is 2. The summed E-state index contributed by atoms with van der Waals surface area (Å²) in [6.45, 7) is 0. The largest absolute Gasteiger partial charge is 0.573 e. The topological polar surface area (TPSA) is 105 Å². The molecule has 0 bridgehead atoms. The van der Waals surface area contributed by atoms with Crippen LogP contribution in [-0.4, -0.2) is 18.3 Å². The Kier molecular flexibility index (Phi) is 6.68. The number of hydrogen-bond donors (Lipinski definition) is 4. The van der Waals surface area contributed by atoms with Gasteiger partial charge in [-0.3, -0.25) is 10.2 Å². The number of amides is 3. The van der Waals surface area contributed by atoms with Crippen molar-refractivity contribution in [3.05, 3.63) is 50.9 Å². The van der Waals surface area contributed by atoms with Crippen LogP contribution < -0.4 is 26.6 Å². The monoisotopic (exact) mass is 510 g/mol. The number of hydrazine groups is 1. The Hall–Kier alpha value is -2.31. The van der Waals surface area contributed by atoms with Gasteiger partial charge in [0, 0.05) is 20.7 Å². The minimum atomic E-state index is -4.93. The molecule has 12 heteroatoms. The van der Waals surface area contributed by atoms with E-state index >= 15 is 0 Å². The number of ether oxygens (including phenoxy) is 1. The third kappa shape index (κ3) is 6.41. The van der Waals surface area contributed by atoms with Gasteiger partial charge in [-0.05, 0) is 30.3 Å². The van der Waals surface area contributed by atoms with E-state index in [4.69, 9.17) is 5.84 Å². The quantitative estimate of drug-likeness (QED) is 0.278. The standard InChI is InChI=1S/C15H11Br2F3N4O3/c16-7-3-8(17)5-9(4-7)22-14(26)23-12-6-10(27-15(18,19)20)1-2-11(12)13(25)24-21/h1-6H,21H2,(H,24,25)(H2,22,23,26). The maximum absolute atomic E-state index is 12.4. The minimum Gasteiger partial charge on any atom is -0.406 e. The summed E-state index contributed by atoms with van der Waals surface area (Å²) in [6, 6.07) is 6.96. The second-order valence-electron chi connectivity index (χ2n) is 4.97. The molecule has 2 aromatic carbocycles. The van der Waals surface area contributed by atoms with Crippen LogP contribution in [0.4, 0.5) is 29.3 Å². The minimum absolute atomic E-state index is 0.155. The van der Waals surface area contributed by atoms with Gasteiger partial charge in [0.1, 0.15) is 5.75 Å². The van der Waals surface area contributed by atoms with Crippen LogP contribution in [0.1, 0.15) is 10.4 Å². The molecule has 0 fully saturated rings. The van der Waals surface area contributed by atoms with E-state index in [0.29, 0.717) is 14.6 Å². The number of nitrogen functional groups attached to an aromatic ring is 1. The van der Waals surface area contributed by atoms with Gasteiger partial charge >= 0.3 is 12.4 Å². The molecule has 3 amide bonds. The Bertz CT molecular complexity index is 858. The lowest BCUT2D eigenvalue weighted by molar-refractivity contribution is -0.274. The number of hydrogen-bond acceptors (Lipinski definition) is 4. The van der Waals surface area contributed by atoms with Gasteiger partial charge in [0.2, 0.25) is 0 Å². The fraction of sp³-hybridized carbons (Fsp3) is 0.0667. The first-order valence-corrected chi connectivity index (χ1v) is 8.61. The van der Waals surface area contributed by atoms with Crippen molar-refractivity contribution < 1.29 is 27.5 Å². The zero-order valence-electron chi connectivity index (χ0n) is 13.2. The van der Waals surface area contributed by atoms with Gasteiger partial charge in [-0.25, -0.2) is 10.6 Å². The molecule has 0 radical (unpaired) electrons. The summed E-state index contributed by atoms with van der Waals surface area (Å²) in [7, 11) is 0. The molecule has 0 aliphatic carbocycles. The average molecular weight is 512 g/mol. The third-order valence-corrected chi connectivity index (χ3v) is 3.88. The molecule has 27 heavy (non-hydrogen) atoms. The number of halogens is 5. The number of nitrogens with two attached hydrogens (primary N) is 1. The number of urea groups is 1. The first kappa shape index (κ1) is 21.0. The van der Waals surface area contributed by atoms with E-state index in [0.717, 1.165) is 18.2 Å². The summed E-state index contributed by atoms with van der Waals surface area (Å²) in [5.74, 6) is 3.63. The Balaban J connectivity index is 2.26. The van der Waals surface area contributed by atoms with Gasteiger partial charge in [-0.2, -0.15) is 0 Å². The van der Waals surface area contributed by atoms with E-state index < -0.39 is 24.1 Å². The van der Waals surface area contributed by atoms with Crippen LogP contribution >= 0.6 is 31.9 Å². The number of alkyl halides is 3. The van der Waals surface area contributed by atoms with Crippen molar-refractivity contribution in [2.45, 2.75) is 6.36 Å². The highest BCUT2D eigenvalue weighted by molar-refractivity contribution is 9.11. The molecular formula is C15H11Br2F3N4O3. The van der Waals surface area contributed by atoms with Gasteiger partial charge in [0.25, 0.3) is 5.91 Å². The van der Waals surface area contributed by atoms with Crippen molar-refractivity contribution in [1.82, 2.24) is 5.43 Å². The second kappa shape index (κ2) is 8.59. The smallest absolute Gasteiger partial charge is 0.406 e. The molecule has 0 saturated carbocycles. The highest BCUT2D eigenvalue weighted by atomic mass is 79.9. The maximum atomic E-state index is 12.4. The lowest BCUT2D eigenvalue weighted by atomic mass is 10.1. The highest BCUT2D eigenvalue weighted by Gasteiger charge is 2.31. The predicted octanol–water partition coefficient (Wildman–Crippen LogP) is 4.36. The van der Waals surface area contributed by atoms with Crippen molar-refractivity contribution in [2.75, 3.05) is 10.6 Å². The Morgan fingerprint density at radius 1 is 1.00 bits per heavy atom. The summed E-state index contributed by atoms with van der Waals surface area (Å²) in [5, 5.41) is 4.78. The van der Waals surface area contributed by atoms with E-state index in [-0.39, 0.29) is 11.3 Å². The van der Waals surface area contributed by atoms with Gasteiger partial charge in [-0.1, -0.05) is 31.9 Å². The molecule has 0 spiro atoms. The van der Waals surface area contributed by atoms with Crippen molar-refractivity contribution in [3.8, 4) is 5.75 Å². The van der Waals surface area contributed by atoms with Crippen LogP contribution in [0, 0.1) is 0 Å². The molecule has 0 heterocycles. The van der Waals surface area contributed by atoms with Crippen LogP contribution in [-0.2, 0) is 0 Å². The van der Waals surface area contributed by atoms with Crippen LogP contribution in [0.25, 0.3) is 0 Å². The summed E-state index contributed by atoms with van der Waals surface area (Å²) < 4.78 is 42.3. The molecule has 0 aromatic heterocycles. The second-order valence-corrected chi connectivity index (χ2v) is 6.80. The van der Waals surface area contributed by atoms with Crippen LogP contribution in [0.2, 0.25) is 0 Å². The van der Waals surface area contributed by atoms with E-state index in [1.807, 2.05) is 5.43 Å². The Morgan fingerprint density at radius 3 is 2.19 bits per heavy atom. The molecule has 0 unspecified atom stereocenters. The first-order valence-electron chi connectivity index (χ1n) is 7.02. The number of carbonyl (C=O) groups excluding carboxylic acids is 2. The molecule has 7 nitrogen and oxygen atoms in total. The summed E-state index contributed by atoms with van der Waals surface area (Å²) in [6.07, 6.45) is -4.93. The lowest BCUT2D eigenvalue weighted by Crippen LogP contribution is -2.31.